The van der Waals surface area contributed by atoms with Gasteiger partial charge in [0.2, 0.25) is 15.9 Å². The minimum Gasteiger partial charge on any atom is -0.494 e. The number of halogens is 3. The Balaban J connectivity index is 1.52. The van der Waals surface area contributed by atoms with E-state index in [9.17, 15) is 26.4 Å². The molecule has 1 heterocycles. The minimum absolute atomic E-state index is 0.0861. The molecule has 1 saturated heterocycles. The first kappa shape index (κ1) is 24.4. The molecule has 3 rings (SSSR count). The minimum atomic E-state index is -4.53. The molecule has 174 valence electrons. The molecule has 6 nitrogen and oxygen atoms in total. The normalized spacial score (nSPS) is 15.6. The highest BCUT2D eigenvalue weighted by atomic mass is 32.2. The molecule has 2 aromatic rings. The van der Waals surface area contributed by atoms with Crippen LogP contribution in [0.15, 0.2) is 58.3 Å². The van der Waals surface area contributed by atoms with Crippen molar-refractivity contribution in [3.63, 3.8) is 0 Å². The lowest BCUT2D eigenvalue weighted by atomic mass is 10.2. The van der Waals surface area contributed by atoms with Gasteiger partial charge in [-0.1, -0.05) is 0 Å². The molecule has 0 unspecified atom stereocenters. The summed E-state index contributed by atoms with van der Waals surface area (Å²) < 4.78 is 70.2. The summed E-state index contributed by atoms with van der Waals surface area (Å²) >= 11 is 1.38. The Hall–Kier alpha value is -2.24. The van der Waals surface area contributed by atoms with Gasteiger partial charge in [0, 0.05) is 31.1 Å². The predicted molar refractivity (Wildman–Crippen MR) is 115 cm³/mol. The van der Waals surface area contributed by atoms with Crippen LogP contribution in [0.1, 0.15) is 12.5 Å². The smallest absolute Gasteiger partial charge is 0.416 e. The fraction of sp³-hybridized carbons (Fsp3) is 0.381. The summed E-state index contributed by atoms with van der Waals surface area (Å²) in [7, 11) is -3.93. The Bertz CT molecular complexity index is 1020. The van der Waals surface area contributed by atoms with E-state index in [2.05, 4.69) is 0 Å². The van der Waals surface area contributed by atoms with E-state index < -0.39 is 21.8 Å². The summed E-state index contributed by atoms with van der Waals surface area (Å²) in [4.78, 5) is 14.8. The Kier molecular flexibility index (Phi) is 7.73. The highest BCUT2D eigenvalue weighted by molar-refractivity contribution is 8.00. The van der Waals surface area contributed by atoms with Gasteiger partial charge in [0.15, 0.2) is 0 Å². The molecule has 0 aromatic heterocycles. The van der Waals surface area contributed by atoms with E-state index in [1.54, 1.807) is 4.90 Å². The van der Waals surface area contributed by atoms with Crippen LogP contribution in [0.4, 0.5) is 13.2 Å². The Morgan fingerprint density at radius 2 is 1.59 bits per heavy atom. The first-order chi connectivity index (χ1) is 15.1. The molecule has 32 heavy (non-hydrogen) atoms. The maximum absolute atomic E-state index is 12.7. The van der Waals surface area contributed by atoms with Gasteiger partial charge in [0.05, 0.1) is 22.8 Å². The summed E-state index contributed by atoms with van der Waals surface area (Å²) in [5.74, 6) is 0.878. The zero-order chi connectivity index (χ0) is 23.4. The van der Waals surface area contributed by atoms with Crippen molar-refractivity contribution in [1.82, 2.24) is 9.21 Å². The lowest BCUT2D eigenvalue weighted by molar-refractivity contribution is -0.137. The molecule has 0 bridgehead atoms. The molecule has 11 heteroatoms. The lowest BCUT2D eigenvalue weighted by Gasteiger charge is -2.34. The van der Waals surface area contributed by atoms with Gasteiger partial charge in [0.25, 0.3) is 0 Å². The van der Waals surface area contributed by atoms with Crippen molar-refractivity contribution >= 4 is 27.7 Å². The Morgan fingerprint density at radius 1 is 1.00 bits per heavy atom. The van der Waals surface area contributed by atoms with Gasteiger partial charge in [-0.15, -0.1) is 11.8 Å². The van der Waals surface area contributed by atoms with E-state index in [1.165, 1.54) is 16.1 Å². The highest BCUT2D eigenvalue weighted by Gasteiger charge is 2.33. The van der Waals surface area contributed by atoms with Crippen molar-refractivity contribution in [3.8, 4) is 5.75 Å². The van der Waals surface area contributed by atoms with E-state index in [1.807, 2.05) is 31.2 Å². The quantitative estimate of drug-likeness (QED) is 0.556. The molecule has 1 amide bonds. The van der Waals surface area contributed by atoms with Crippen LogP contribution >= 0.6 is 11.8 Å². The molecule has 0 aliphatic carbocycles. The van der Waals surface area contributed by atoms with Gasteiger partial charge in [-0.3, -0.25) is 4.79 Å². The number of amides is 1. The topological polar surface area (TPSA) is 66.9 Å². The van der Waals surface area contributed by atoms with Gasteiger partial charge in [-0.25, -0.2) is 8.42 Å². The number of piperazine rings is 1. The number of carbonyl (C=O) groups excluding carboxylic acids is 1. The number of ether oxygens (including phenoxy) is 1. The maximum atomic E-state index is 12.7. The molecule has 2 aromatic carbocycles. The van der Waals surface area contributed by atoms with Crippen molar-refractivity contribution in [3.05, 3.63) is 54.1 Å². The Labute approximate surface area is 189 Å². The number of carbonyl (C=O) groups is 1. The number of sulfonamides is 1. The van der Waals surface area contributed by atoms with Crippen LogP contribution in [-0.4, -0.2) is 62.1 Å². The average molecular weight is 489 g/mol. The highest BCUT2D eigenvalue weighted by Crippen LogP contribution is 2.30. The molecule has 0 radical (unpaired) electrons. The lowest BCUT2D eigenvalue weighted by Crippen LogP contribution is -2.50. The molecule has 1 aliphatic rings. The number of alkyl halides is 3. The first-order valence-electron chi connectivity index (χ1n) is 9.92. The third kappa shape index (κ3) is 5.96. The average Bonchev–Trinajstić information content (AvgIpc) is 2.78. The van der Waals surface area contributed by atoms with Crippen LogP contribution in [-0.2, 0) is 21.0 Å². The number of thioether (sulfide) groups is 1. The van der Waals surface area contributed by atoms with Crippen LogP contribution in [0.3, 0.4) is 0 Å². The second kappa shape index (κ2) is 10.1. The van der Waals surface area contributed by atoms with Gasteiger partial charge in [-0.2, -0.15) is 17.5 Å². The summed E-state index contributed by atoms with van der Waals surface area (Å²) in [6, 6.07) is 10.8. The molecule has 1 fully saturated rings. The Morgan fingerprint density at radius 3 is 2.12 bits per heavy atom. The van der Waals surface area contributed by atoms with Gasteiger partial charge in [0.1, 0.15) is 5.75 Å². The monoisotopic (exact) mass is 488 g/mol. The number of hydrogen-bond acceptors (Lipinski definition) is 5. The van der Waals surface area contributed by atoms with Crippen LogP contribution in [0, 0.1) is 0 Å². The largest absolute Gasteiger partial charge is 0.494 e. The standard InChI is InChI=1S/C21H23F3N2O4S2/c1-2-30-17-5-7-18(8-6-17)31-15-20(27)25-11-13-26(14-12-25)32(28,29)19-9-3-16(4-10-19)21(22,23)24/h3-10H,2,11-15H2,1H3. The fourth-order valence-corrected chi connectivity index (χ4v) is 5.40. The van der Waals surface area contributed by atoms with Crippen molar-refractivity contribution < 1.29 is 31.1 Å². The first-order valence-corrected chi connectivity index (χ1v) is 12.3. The molecule has 0 atom stereocenters. The van der Waals surface area contributed by atoms with E-state index >= 15 is 0 Å². The predicted octanol–water partition coefficient (Wildman–Crippen LogP) is 3.73. The maximum Gasteiger partial charge on any atom is 0.416 e. The third-order valence-electron chi connectivity index (χ3n) is 4.91. The van der Waals surface area contributed by atoms with Gasteiger partial charge in [-0.05, 0) is 55.5 Å². The second-order valence-corrected chi connectivity index (χ2v) is 9.99. The molecule has 0 spiro atoms. The van der Waals surface area contributed by atoms with Gasteiger partial charge >= 0.3 is 6.18 Å². The zero-order valence-corrected chi connectivity index (χ0v) is 19.0. The number of benzene rings is 2. The fourth-order valence-electron chi connectivity index (χ4n) is 3.18. The zero-order valence-electron chi connectivity index (χ0n) is 17.3. The van der Waals surface area contributed by atoms with Crippen LogP contribution in [0.2, 0.25) is 0 Å². The van der Waals surface area contributed by atoms with Crippen LogP contribution < -0.4 is 4.74 Å². The summed E-state index contributed by atoms with van der Waals surface area (Å²) in [5.41, 5.74) is -0.906. The van der Waals surface area contributed by atoms with Crippen molar-refractivity contribution in [2.24, 2.45) is 0 Å². The van der Waals surface area contributed by atoms with Crippen LogP contribution in [0.25, 0.3) is 0 Å². The molecule has 0 saturated carbocycles. The SMILES string of the molecule is CCOc1ccc(SCC(=O)N2CCN(S(=O)(=O)c3ccc(C(F)(F)F)cc3)CC2)cc1. The van der Waals surface area contributed by atoms with Crippen molar-refractivity contribution in [2.45, 2.75) is 22.9 Å². The van der Waals surface area contributed by atoms with E-state index in [4.69, 9.17) is 4.74 Å². The van der Waals surface area contributed by atoms with Gasteiger partial charge < -0.3 is 9.64 Å². The summed E-state index contributed by atoms with van der Waals surface area (Å²) in [6.45, 7) is 3.10. The third-order valence-corrected chi connectivity index (χ3v) is 7.82. The number of nitrogens with zero attached hydrogens (tertiary/aromatic N) is 2. The van der Waals surface area contributed by atoms with E-state index in [-0.39, 0.29) is 42.7 Å². The number of rotatable bonds is 7. The molecule has 0 N–H and O–H groups in total. The van der Waals surface area contributed by atoms with E-state index in [0.717, 1.165) is 34.9 Å². The molecule has 1 aliphatic heterocycles. The molecular weight excluding hydrogens is 465 g/mol. The number of hydrogen-bond donors (Lipinski definition) is 0. The van der Waals surface area contributed by atoms with Crippen molar-refractivity contribution in [1.29, 1.82) is 0 Å². The molecular formula is C21H23F3N2O4S2. The van der Waals surface area contributed by atoms with E-state index in [0.29, 0.717) is 6.61 Å². The van der Waals surface area contributed by atoms with Crippen molar-refractivity contribution in [2.75, 3.05) is 38.5 Å². The summed E-state index contributed by atoms with van der Waals surface area (Å²) in [5, 5.41) is 0. The summed E-state index contributed by atoms with van der Waals surface area (Å²) in [6.07, 6.45) is -4.53. The second-order valence-electron chi connectivity index (χ2n) is 7.00. The van der Waals surface area contributed by atoms with Crippen LogP contribution in [0.5, 0.6) is 5.75 Å².